The van der Waals surface area contributed by atoms with Gasteiger partial charge in [-0.25, -0.2) is 4.98 Å². The number of halogens is 1. The Balaban J connectivity index is 1.64. The second kappa shape index (κ2) is 9.97. The zero-order chi connectivity index (χ0) is 22.7. The Labute approximate surface area is 199 Å². The summed E-state index contributed by atoms with van der Waals surface area (Å²) in [7, 11) is 4.13. The smallest absolute Gasteiger partial charge is 0.258 e. The maximum Gasteiger partial charge on any atom is 0.258 e. The molecule has 4 aromatic rings. The van der Waals surface area contributed by atoms with Crippen molar-refractivity contribution in [2.45, 2.75) is 36.8 Å². The van der Waals surface area contributed by atoms with Gasteiger partial charge >= 0.3 is 0 Å². The normalized spacial score (nSPS) is 12.5. The number of hydrogen-bond acceptors (Lipinski definition) is 6. The summed E-state index contributed by atoms with van der Waals surface area (Å²) >= 11 is 4.95. The Morgan fingerprint density at radius 2 is 1.91 bits per heavy atom. The monoisotopic (exact) mass is 512 g/mol. The lowest BCUT2D eigenvalue weighted by Crippen LogP contribution is -2.23. The molecule has 3 heterocycles. The molecule has 0 aliphatic heterocycles. The largest absolute Gasteiger partial charge is 0.300 e. The molecule has 9 heteroatoms. The molecule has 0 radical (unpaired) electrons. The molecular formula is C23H25BrN6OS. The van der Waals surface area contributed by atoms with Crippen LogP contribution in [0.5, 0.6) is 0 Å². The van der Waals surface area contributed by atoms with Gasteiger partial charge < -0.3 is 4.57 Å². The van der Waals surface area contributed by atoms with Crippen molar-refractivity contribution in [3.8, 4) is 0 Å². The quantitative estimate of drug-likeness (QED) is 0.326. The van der Waals surface area contributed by atoms with E-state index in [-0.39, 0.29) is 11.6 Å². The van der Waals surface area contributed by atoms with Gasteiger partial charge in [0, 0.05) is 22.5 Å². The van der Waals surface area contributed by atoms with E-state index in [1.807, 2.05) is 30.3 Å². The first-order valence-corrected chi connectivity index (χ1v) is 12.2. The van der Waals surface area contributed by atoms with E-state index in [0.717, 1.165) is 27.6 Å². The summed E-state index contributed by atoms with van der Waals surface area (Å²) < 4.78 is 4.56. The molecule has 3 aromatic heterocycles. The van der Waals surface area contributed by atoms with Gasteiger partial charge in [-0.05, 0) is 54.1 Å². The Bertz CT molecular complexity index is 1270. The predicted octanol–water partition coefficient (Wildman–Crippen LogP) is 4.40. The topological polar surface area (TPSA) is 68.3 Å². The lowest BCUT2D eigenvalue weighted by molar-refractivity contribution is 0.272. The lowest BCUT2D eigenvalue weighted by Gasteiger charge is -2.23. The van der Waals surface area contributed by atoms with Gasteiger partial charge in [0.2, 0.25) is 0 Å². The van der Waals surface area contributed by atoms with Gasteiger partial charge in [-0.15, -0.1) is 10.2 Å². The maximum absolute atomic E-state index is 12.5. The minimum Gasteiger partial charge on any atom is -0.300 e. The van der Waals surface area contributed by atoms with Crippen LogP contribution in [0.1, 0.15) is 36.5 Å². The van der Waals surface area contributed by atoms with E-state index in [0.29, 0.717) is 17.9 Å². The summed E-state index contributed by atoms with van der Waals surface area (Å²) in [6.07, 6.45) is 2.67. The molecule has 166 valence electrons. The maximum atomic E-state index is 12.5. The molecule has 32 heavy (non-hydrogen) atoms. The van der Waals surface area contributed by atoms with Crippen LogP contribution in [0, 0.1) is 0 Å². The van der Waals surface area contributed by atoms with Crippen molar-refractivity contribution in [2.24, 2.45) is 0 Å². The fourth-order valence-electron chi connectivity index (χ4n) is 3.69. The summed E-state index contributed by atoms with van der Waals surface area (Å²) in [5.41, 5.74) is 2.44. The highest BCUT2D eigenvalue weighted by molar-refractivity contribution is 9.10. The molecular weight excluding hydrogens is 488 g/mol. The van der Waals surface area contributed by atoms with E-state index in [1.54, 1.807) is 24.0 Å². The van der Waals surface area contributed by atoms with Crippen molar-refractivity contribution < 1.29 is 0 Å². The van der Waals surface area contributed by atoms with E-state index in [1.165, 1.54) is 9.96 Å². The molecule has 0 N–H and O–H groups in total. The van der Waals surface area contributed by atoms with Crippen LogP contribution in [0.2, 0.25) is 0 Å². The highest BCUT2D eigenvalue weighted by atomic mass is 79.9. The van der Waals surface area contributed by atoms with E-state index < -0.39 is 0 Å². The van der Waals surface area contributed by atoms with Crippen molar-refractivity contribution in [2.75, 3.05) is 14.1 Å². The molecule has 0 saturated carbocycles. The number of hydrogen-bond donors (Lipinski definition) is 0. The van der Waals surface area contributed by atoms with Crippen LogP contribution in [0.15, 0.2) is 69.2 Å². The van der Waals surface area contributed by atoms with E-state index >= 15 is 0 Å². The third kappa shape index (κ3) is 4.95. The first-order chi connectivity index (χ1) is 15.5. The fourth-order valence-corrected chi connectivity index (χ4v) is 4.86. The first-order valence-electron chi connectivity index (χ1n) is 10.4. The average molecular weight is 513 g/mol. The Hall–Kier alpha value is -2.49. The molecule has 0 unspecified atom stereocenters. The second-order valence-electron chi connectivity index (χ2n) is 7.75. The number of rotatable bonds is 8. The first kappa shape index (κ1) is 22.7. The van der Waals surface area contributed by atoms with Gasteiger partial charge in [0.05, 0.1) is 18.3 Å². The number of thioether (sulfide) groups is 1. The Morgan fingerprint density at radius 3 is 2.62 bits per heavy atom. The van der Waals surface area contributed by atoms with Crippen LogP contribution >= 0.6 is 27.7 Å². The number of nitrogens with zero attached hydrogens (tertiary/aromatic N) is 6. The molecule has 0 saturated heterocycles. The van der Waals surface area contributed by atoms with Gasteiger partial charge in [0.25, 0.3) is 5.56 Å². The van der Waals surface area contributed by atoms with Gasteiger partial charge in [0.15, 0.2) is 11.0 Å². The van der Waals surface area contributed by atoms with Crippen LogP contribution < -0.4 is 5.56 Å². The predicted molar refractivity (Wildman–Crippen MR) is 131 cm³/mol. The summed E-state index contributed by atoms with van der Waals surface area (Å²) in [5, 5.41) is 9.88. The SMILES string of the molecule is CC[C@@H](c1nnc(SCc2cc(=O)n3cc(Br)ccc3n2)n1Cc1ccccc1)N(C)C. The molecule has 1 aromatic carbocycles. The number of aromatic nitrogens is 5. The average Bonchev–Trinajstić information content (AvgIpc) is 3.16. The van der Waals surface area contributed by atoms with Crippen molar-refractivity contribution in [3.63, 3.8) is 0 Å². The molecule has 7 nitrogen and oxygen atoms in total. The van der Waals surface area contributed by atoms with Gasteiger partial charge in [-0.3, -0.25) is 14.1 Å². The van der Waals surface area contributed by atoms with E-state index in [2.05, 4.69) is 73.7 Å². The van der Waals surface area contributed by atoms with Gasteiger partial charge in [0.1, 0.15) is 5.65 Å². The highest BCUT2D eigenvalue weighted by Gasteiger charge is 2.22. The molecule has 0 aliphatic rings. The van der Waals surface area contributed by atoms with Crippen LogP contribution in [-0.4, -0.2) is 43.1 Å². The Morgan fingerprint density at radius 1 is 1.12 bits per heavy atom. The summed E-state index contributed by atoms with van der Waals surface area (Å²) in [4.78, 5) is 19.4. The molecule has 4 rings (SSSR count). The van der Waals surface area contributed by atoms with Crippen molar-refractivity contribution in [1.82, 2.24) is 29.0 Å². The minimum absolute atomic E-state index is 0.100. The second-order valence-corrected chi connectivity index (χ2v) is 9.61. The lowest BCUT2D eigenvalue weighted by atomic mass is 10.2. The highest BCUT2D eigenvalue weighted by Crippen LogP contribution is 2.27. The van der Waals surface area contributed by atoms with E-state index in [4.69, 9.17) is 0 Å². The zero-order valence-electron chi connectivity index (χ0n) is 18.3. The van der Waals surface area contributed by atoms with Gasteiger partial charge in [-0.1, -0.05) is 49.0 Å². The number of pyridine rings is 1. The minimum atomic E-state index is -0.100. The van der Waals surface area contributed by atoms with Crippen molar-refractivity contribution >= 4 is 33.3 Å². The van der Waals surface area contributed by atoms with Crippen LogP contribution in [0.3, 0.4) is 0 Å². The van der Waals surface area contributed by atoms with Gasteiger partial charge in [-0.2, -0.15) is 0 Å². The third-order valence-electron chi connectivity index (χ3n) is 5.26. The molecule has 0 amide bonds. The Kier molecular flexibility index (Phi) is 7.07. The standard InChI is InChI=1S/C23H25BrN6OS/c1-4-19(28(2)3)22-26-27-23(30(22)13-16-8-6-5-7-9-16)32-15-18-12-21(31)29-14-17(24)10-11-20(29)25-18/h5-12,14,19H,4,13,15H2,1-3H3/t19-/m0/s1. The molecule has 0 bridgehead atoms. The van der Waals surface area contributed by atoms with E-state index in [9.17, 15) is 4.79 Å². The fraction of sp³-hybridized carbons (Fsp3) is 0.304. The third-order valence-corrected chi connectivity index (χ3v) is 6.73. The molecule has 0 fully saturated rings. The number of fused-ring (bicyclic) bond motifs is 1. The molecule has 1 atom stereocenters. The van der Waals surface area contributed by atoms with Crippen LogP contribution in [-0.2, 0) is 12.3 Å². The molecule has 0 spiro atoms. The molecule has 0 aliphatic carbocycles. The summed E-state index contributed by atoms with van der Waals surface area (Å²) in [6.45, 7) is 2.85. The summed E-state index contributed by atoms with van der Waals surface area (Å²) in [5.74, 6) is 1.48. The zero-order valence-corrected chi connectivity index (χ0v) is 20.7. The number of benzene rings is 1. The van der Waals surface area contributed by atoms with Crippen LogP contribution in [0.25, 0.3) is 5.65 Å². The van der Waals surface area contributed by atoms with Crippen LogP contribution in [0.4, 0.5) is 0 Å². The summed E-state index contributed by atoms with van der Waals surface area (Å²) in [6, 6.07) is 15.8. The van der Waals surface area contributed by atoms with Crippen molar-refractivity contribution in [1.29, 1.82) is 0 Å². The van der Waals surface area contributed by atoms with Crippen molar-refractivity contribution in [3.05, 3.63) is 86.6 Å².